The second-order valence-electron chi connectivity index (χ2n) is 9.36. The van der Waals surface area contributed by atoms with Crippen molar-refractivity contribution >= 4 is 27.6 Å². The van der Waals surface area contributed by atoms with Crippen LogP contribution in [0.4, 0.5) is 4.79 Å². The average Bonchev–Trinajstić information content (AvgIpc) is 2.89. The van der Waals surface area contributed by atoms with E-state index in [1.807, 2.05) is 36.4 Å². The zero-order valence-electron chi connectivity index (χ0n) is 19.7. The van der Waals surface area contributed by atoms with E-state index < -0.39 is 33.2 Å². The normalized spacial score (nSPS) is 21.7. The molecule has 0 atom stereocenters. The molecule has 2 amide bonds. The van der Waals surface area contributed by atoms with Gasteiger partial charge in [-0.25, -0.2) is 18.7 Å². The van der Waals surface area contributed by atoms with Crippen LogP contribution in [0, 0.1) is 5.41 Å². The number of nitrogens with zero attached hydrogens (tertiary/aromatic N) is 2. The maximum absolute atomic E-state index is 13.3. The minimum Gasteiger partial charge on any atom is -0.446 e. The number of hydroxylamine groups is 1. The number of rotatable bonds is 6. The monoisotopic (exact) mass is 507 g/mol. The molecule has 1 aromatic carbocycles. The lowest BCUT2D eigenvalue weighted by molar-refractivity contribution is -0.141. The minimum atomic E-state index is -3.79. The number of piperidine rings is 1. The van der Waals surface area contributed by atoms with Gasteiger partial charge in [0.05, 0.1) is 24.4 Å². The third-order valence-corrected chi connectivity index (χ3v) is 9.20. The van der Waals surface area contributed by atoms with Crippen molar-refractivity contribution in [3.8, 4) is 0 Å². The van der Waals surface area contributed by atoms with Crippen LogP contribution in [-0.4, -0.2) is 86.1 Å². The largest absolute Gasteiger partial charge is 0.446 e. The lowest BCUT2D eigenvalue weighted by Gasteiger charge is -2.40. The summed E-state index contributed by atoms with van der Waals surface area (Å²) in [4.78, 5) is 26.8. The second kappa shape index (κ2) is 11.1. The van der Waals surface area contributed by atoms with E-state index in [2.05, 4.69) is 0 Å². The number of hydrogen-bond acceptors (Lipinski definition) is 7. The van der Waals surface area contributed by atoms with Gasteiger partial charge < -0.3 is 14.4 Å². The summed E-state index contributed by atoms with van der Waals surface area (Å²) in [6, 6.07) is 9.82. The zero-order valence-corrected chi connectivity index (χ0v) is 20.5. The number of sulfonamides is 1. The summed E-state index contributed by atoms with van der Waals surface area (Å²) in [5, 5.41) is 9.38. The van der Waals surface area contributed by atoms with Crippen LogP contribution < -0.4 is 5.48 Å². The Balaban J connectivity index is 1.39. The molecule has 4 rings (SSSR count). The molecule has 0 radical (unpaired) electrons. The maximum atomic E-state index is 13.3. The first-order chi connectivity index (χ1) is 16.8. The van der Waals surface area contributed by atoms with Crippen molar-refractivity contribution in [2.45, 2.75) is 38.2 Å². The number of carbonyl (C=O) groups is 2. The molecular formula is C24H33N3O7S. The maximum Gasteiger partial charge on any atom is 0.410 e. The third-order valence-electron chi connectivity index (χ3n) is 7.17. The van der Waals surface area contributed by atoms with Crippen LogP contribution in [0.1, 0.15) is 37.7 Å². The smallest absolute Gasteiger partial charge is 0.410 e. The summed E-state index contributed by atoms with van der Waals surface area (Å²) in [5.74, 6) is -1.17. The van der Waals surface area contributed by atoms with Crippen molar-refractivity contribution in [2.75, 3.05) is 45.1 Å². The van der Waals surface area contributed by atoms with Crippen molar-refractivity contribution in [3.63, 3.8) is 0 Å². The van der Waals surface area contributed by atoms with E-state index in [4.69, 9.17) is 9.47 Å². The SMILES string of the molecule is O=C(OC1CCOCC1)N1CCC(CS(=O)(=O)N2CC=C(c3ccccc3)CC2)(C(=O)NO)CC1. The molecule has 11 heteroatoms. The van der Waals surface area contributed by atoms with Gasteiger partial charge in [-0.1, -0.05) is 36.4 Å². The van der Waals surface area contributed by atoms with E-state index in [-0.39, 0.29) is 38.6 Å². The highest BCUT2D eigenvalue weighted by Gasteiger charge is 2.47. The lowest BCUT2D eigenvalue weighted by Crippen LogP contribution is -2.54. The van der Waals surface area contributed by atoms with Gasteiger partial charge in [-0.05, 0) is 30.4 Å². The van der Waals surface area contributed by atoms with E-state index in [1.165, 1.54) is 9.21 Å². The van der Waals surface area contributed by atoms with Crippen LogP contribution >= 0.6 is 0 Å². The molecule has 192 valence electrons. The Kier molecular flexibility index (Phi) is 8.10. The Bertz CT molecular complexity index is 1030. The Hall–Kier alpha value is -2.47. The second-order valence-corrected chi connectivity index (χ2v) is 11.3. The quantitative estimate of drug-likeness (QED) is 0.446. The highest BCUT2D eigenvalue weighted by molar-refractivity contribution is 7.89. The van der Waals surface area contributed by atoms with Crippen molar-refractivity contribution in [2.24, 2.45) is 5.41 Å². The van der Waals surface area contributed by atoms with Crippen molar-refractivity contribution in [1.29, 1.82) is 0 Å². The predicted molar refractivity (Wildman–Crippen MR) is 128 cm³/mol. The van der Waals surface area contributed by atoms with Crippen LogP contribution in [0.3, 0.4) is 0 Å². The molecule has 35 heavy (non-hydrogen) atoms. The minimum absolute atomic E-state index is 0.112. The van der Waals surface area contributed by atoms with Crippen LogP contribution in [0.15, 0.2) is 36.4 Å². The van der Waals surface area contributed by atoms with E-state index >= 15 is 0 Å². The number of benzene rings is 1. The molecule has 0 bridgehead atoms. The van der Waals surface area contributed by atoms with Gasteiger partial charge in [-0.2, -0.15) is 4.31 Å². The molecule has 3 aliphatic rings. The zero-order chi connectivity index (χ0) is 24.9. The fourth-order valence-electron chi connectivity index (χ4n) is 4.94. The molecular weight excluding hydrogens is 474 g/mol. The number of carbonyl (C=O) groups excluding carboxylic acids is 2. The van der Waals surface area contributed by atoms with Gasteiger partial charge in [0.15, 0.2) is 0 Å². The first-order valence-electron chi connectivity index (χ1n) is 12.0. The average molecular weight is 508 g/mol. The van der Waals surface area contributed by atoms with Crippen molar-refractivity contribution in [1.82, 2.24) is 14.7 Å². The number of hydrogen-bond donors (Lipinski definition) is 2. The first kappa shape index (κ1) is 25.6. The van der Waals surface area contributed by atoms with Gasteiger partial charge in [0.2, 0.25) is 10.0 Å². The van der Waals surface area contributed by atoms with Gasteiger partial charge in [0.1, 0.15) is 6.10 Å². The summed E-state index contributed by atoms with van der Waals surface area (Å²) >= 11 is 0. The highest BCUT2D eigenvalue weighted by atomic mass is 32.2. The van der Waals surface area contributed by atoms with E-state index in [9.17, 15) is 23.2 Å². The lowest BCUT2D eigenvalue weighted by atomic mass is 9.79. The van der Waals surface area contributed by atoms with E-state index in [1.54, 1.807) is 5.48 Å². The van der Waals surface area contributed by atoms with Crippen LogP contribution in [0.2, 0.25) is 0 Å². The molecule has 3 aliphatic heterocycles. The highest BCUT2D eigenvalue weighted by Crippen LogP contribution is 2.35. The van der Waals surface area contributed by atoms with Crippen LogP contribution in [-0.2, 0) is 24.3 Å². The Labute approximate surface area is 205 Å². The summed E-state index contributed by atoms with van der Waals surface area (Å²) in [6.45, 7) is 1.99. The summed E-state index contributed by atoms with van der Waals surface area (Å²) in [5.41, 5.74) is 2.49. The van der Waals surface area contributed by atoms with E-state index in [0.717, 1.165) is 11.1 Å². The molecule has 2 saturated heterocycles. The Morgan fingerprint density at radius 1 is 1.11 bits per heavy atom. The molecule has 1 aromatic rings. The van der Waals surface area contributed by atoms with E-state index in [0.29, 0.717) is 39.0 Å². The molecule has 2 N–H and O–H groups in total. The standard InChI is InChI=1S/C24H33N3O7S/c28-22(25-30)24(10-14-26(15-11-24)23(29)34-21-8-16-33-17-9-21)18-35(31,32)27-12-6-20(7-13-27)19-4-2-1-3-5-19/h1-6,21,30H,7-18H2,(H,25,28). The van der Waals surface area contributed by atoms with Gasteiger partial charge in [0, 0.05) is 39.0 Å². The summed E-state index contributed by atoms with van der Waals surface area (Å²) < 4.78 is 38.9. The number of likely N-dealkylation sites (tertiary alicyclic amines) is 1. The number of ether oxygens (including phenoxy) is 2. The van der Waals surface area contributed by atoms with Gasteiger partial charge in [-0.3, -0.25) is 10.0 Å². The topological polar surface area (TPSA) is 125 Å². The summed E-state index contributed by atoms with van der Waals surface area (Å²) in [7, 11) is -3.79. The number of nitrogens with one attached hydrogen (secondary N) is 1. The van der Waals surface area contributed by atoms with Crippen LogP contribution in [0.5, 0.6) is 0 Å². The Morgan fingerprint density at radius 3 is 2.40 bits per heavy atom. The van der Waals surface area contributed by atoms with Gasteiger partial charge in [0.25, 0.3) is 5.91 Å². The molecule has 2 fully saturated rings. The molecule has 0 aliphatic carbocycles. The molecule has 0 saturated carbocycles. The fourth-order valence-corrected chi connectivity index (χ4v) is 6.91. The van der Waals surface area contributed by atoms with Crippen LogP contribution in [0.25, 0.3) is 5.57 Å². The molecule has 0 aromatic heterocycles. The predicted octanol–water partition coefficient (Wildman–Crippen LogP) is 2.01. The van der Waals surface area contributed by atoms with Gasteiger partial charge >= 0.3 is 6.09 Å². The molecule has 10 nitrogen and oxygen atoms in total. The number of amides is 2. The first-order valence-corrected chi connectivity index (χ1v) is 13.6. The van der Waals surface area contributed by atoms with Crippen molar-refractivity contribution < 1.29 is 32.7 Å². The summed E-state index contributed by atoms with van der Waals surface area (Å²) in [6.07, 6.45) is 3.33. The molecule has 0 unspecified atom stereocenters. The third kappa shape index (κ3) is 6.03. The Morgan fingerprint density at radius 2 is 1.80 bits per heavy atom. The fraction of sp³-hybridized carbons (Fsp3) is 0.583. The van der Waals surface area contributed by atoms with Gasteiger partial charge in [-0.15, -0.1) is 0 Å². The molecule has 0 spiro atoms. The molecule has 3 heterocycles. The van der Waals surface area contributed by atoms with Crippen molar-refractivity contribution in [3.05, 3.63) is 42.0 Å².